The van der Waals surface area contributed by atoms with Gasteiger partial charge in [0.15, 0.2) is 0 Å². The summed E-state index contributed by atoms with van der Waals surface area (Å²) in [5.74, 6) is 1.73. The number of nitrogens with zero attached hydrogens (tertiary/aromatic N) is 1. The molecule has 2 nitrogen and oxygen atoms in total. The van der Waals surface area contributed by atoms with E-state index in [9.17, 15) is 0 Å². The summed E-state index contributed by atoms with van der Waals surface area (Å²) in [4.78, 5) is 2.51. The van der Waals surface area contributed by atoms with Crippen molar-refractivity contribution in [2.45, 2.75) is 52.5 Å². The molecule has 0 bridgehead atoms. The van der Waals surface area contributed by atoms with E-state index in [1.807, 2.05) is 0 Å². The van der Waals surface area contributed by atoms with E-state index >= 15 is 0 Å². The zero-order valence-electron chi connectivity index (χ0n) is 11.8. The third-order valence-electron chi connectivity index (χ3n) is 3.40. The Balaban J connectivity index is 2.09. The molecule has 96 valence electrons. The summed E-state index contributed by atoms with van der Waals surface area (Å²) in [6, 6.07) is 0. The van der Waals surface area contributed by atoms with Crippen molar-refractivity contribution in [2.75, 3.05) is 26.7 Å². The van der Waals surface area contributed by atoms with Gasteiger partial charge in [-0.1, -0.05) is 13.3 Å². The average molecular weight is 226 g/mol. The first-order valence-electron chi connectivity index (χ1n) is 6.80. The topological polar surface area (TPSA) is 15.3 Å². The summed E-state index contributed by atoms with van der Waals surface area (Å²) in [6.07, 6.45) is 4.37. The van der Waals surface area contributed by atoms with Crippen LogP contribution in [0.3, 0.4) is 0 Å². The van der Waals surface area contributed by atoms with Gasteiger partial charge in [-0.3, -0.25) is 0 Å². The van der Waals surface area contributed by atoms with Crippen LogP contribution in [0.1, 0.15) is 47.0 Å². The minimum Gasteiger partial charge on any atom is -0.312 e. The Kier molecular flexibility index (Phi) is 5.26. The van der Waals surface area contributed by atoms with E-state index < -0.39 is 0 Å². The van der Waals surface area contributed by atoms with Gasteiger partial charge in [0.25, 0.3) is 0 Å². The number of hydrogen-bond donors (Lipinski definition) is 1. The van der Waals surface area contributed by atoms with Crippen molar-refractivity contribution in [3.63, 3.8) is 0 Å². The van der Waals surface area contributed by atoms with Gasteiger partial charge >= 0.3 is 0 Å². The molecule has 0 spiro atoms. The molecule has 1 unspecified atom stereocenters. The highest BCUT2D eigenvalue weighted by atomic mass is 15.1. The molecule has 0 heterocycles. The Bertz CT molecular complexity index is 191. The van der Waals surface area contributed by atoms with E-state index in [4.69, 9.17) is 0 Å². The Morgan fingerprint density at radius 1 is 1.31 bits per heavy atom. The highest BCUT2D eigenvalue weighted by Crippen LogP contribution is 2.26. The van der Waals surface area contributed by atoms with Crippen LogP contribution in [0.5, 0.6) is 0 Å². The van der Waals surface area contributed by atoms with Gasteiger partial charge in [0.2, 0.25) is 0 Å². The lowest BCUT2D eigenvalue weighted by Gasteiger charge is -2.32. The summed E-state index contributed by atoms with van der Waals surface area (Å²) in [7, 11) is 2.27. The first-order valence-corrected chi connectivity index (χ1v) is 6.80. The van der Waals surface area contributed by atoms with Gasteiger partial charge in [0.05, 0.1) is 0 Å². The van der Waals surface area contributed by atoms with Gasteiger partial charge in [0.1, 0.15) is 0 Å². The second-order valence-electron chi connectivity index (χ2n) is 6.75. The van der Waals surface area contributed by atoms with Crippen LogP contribution in [0, 0.1) is 11.8 Å². The Morgan fingerprint density at radius 3 is 2.38 bits per heavy atom. The first kappa shape index (κ1) is 14.0. The summed E-state index contributed by atoms with van der Waals surface area (Å²) >= 11 is 0. The van der Waals surface area contributed by atoms with Crippen LogP contribution in [0.2, 0.25) is 0 Å². The molecule has 0 saturated heterocycles. The lowest BCUT2D eigenvalue weighted by atomic mass is 9.85. The van der Waals surface area contributed by atoms with Crippen molar-refractivity contribution < 1.29 is 0 Å². The Hall–Kier alpha value is -0.0800. The average Bonchev–Trinajstić information content (AvgIpc) is 2.07. The van der Waals surface area contributed by atoms with Crippen molar-refractivity contribution in [3.05, 3.63) is 0 Å². The largest absolute Gasteiger partial charge is 0.312 e. The maximum absolute atomic E-state index is 3.58. The van der Waals surface area contributed by atoms with Gasteiger partial charge < -0.3 is 10.2 Å². The van der Waals surface area contributed by atoms with E-state index in [0.29, 0.717) is 0 Å². The summed E-state index contributed by atoms with van der Waals surface area (Å²) in [5.41, 5.74) is 0.251. The second kappa shape index (κ2) is 6.02. The molecular formula is C14H30N2. The zero-order valence-corrected chi connectivity index (χ0v) is 11.8. The third-order valence-corrected chi connectivity index (χ3v) is 3.40. The van der Waals surface area contributed by atoms with Crippen molar-refractivity contribution >= 4 is 0 Å². The van der Waals surface area contributed by atoms with Gasteiger partial charge in [-0.2, -0.15) is 0 Å². The Labute approximate surface area is 102 Å². The first-order chi connectivity index (χ1) is 7.37. The quantitative estimate of drug-likeness (QED) is 0.749. The van der Waals surface area contributed by atoms with Crippen LogP contribution in [0.25, 0.3) is 0 Å². The Morgan fingerprint density at radius 2 is 1.94 bits per heavy atom. The van der Waals surface area contributed by atoms with E-state index in [-0.39, 0.29) is 5.54 Å². The lowest BCUT2D eigenvalue weighted by molar-refractivity contribution is 0.185. The van der Waals surface area contributed by atoms with Crippen molar-refractivity contribution in [1.29, 1.82) is 0 Å². The molecule has 1 N–H and O–H groups in total. The normalized spacial score (nSPS) is 19.9. The third kappa shape index (κ3) is 5.86. The van der Waals surface area contributed by atoms with Gasteiger partial charge in [-0.05, 0) is 59.0 Å². The molecule has 0 aliphatic heterocycles. The van der Waals surface area contributed by atoms with E-state index in [2.05, 4.69) is 45.0 Å². The van der Waals surface area contributed by atoms with Crippen molar-refractivity contribution in [2.24, 2.45) is 11.8 Å². The van der Waals surface area contributed by atoms with Crippen molar-refractivity contribution in [1.82, 2.24) is 10.2 Å². The molecule has 1 saturated carbocycles. The van der Waals surface area contributed by atoms with Gasteiger partial charge in [0, 0.05) is 18.6 Å². The zero-order chi connectivity index (χ0) is 12.2. The smallest absolute Gasteiger partial charge is 0.00966 e. The van der Waals surface area contributed by atoms with Gasteiger partial charge in [-0.25, -0.2) is 0 Å². The highest BCUT2D eigenvalue weighted by molar-refractivity contribution is 4.75. The molecule has 0 aromatic heterocycles. The van der Waals surface area contributed by atoms with E-state index in [0.717, 1.165) is 18.4 Å². The van der Waals surface area contributed by atoms with Crippen LogP contribution in [0.4, 0.5) is 0 Å². The van der Waals surface area contributed by atoms with E-state index in [1.54, 1.807) is 0 Å². The minimum atomic E-state index is 0.251. The molecule has 1 rings (SSSR count). The molecule has 1 aliphatic rings. The standard InChI is InChI=1S/C14H30N2/c1-12(9-15-14(2,3)4)10-16(5)11-13-7-6-8-13/h12-13,15H,6-11H2,1-5H3. The van der Waals surface area contributed by atoms with Crippen LogP contribution in [0.15, 0.2) is 0 Å². The SMILES string of the molecule is CC(CNC(C)(C)C)CN(C)CC1CCC1. The fourth-order valence-corrected chi connectivity index (χ4v) is 2.27. The fraction of sp³-hybridized carbons (Fsp3) is 1.00. The molecule has 1 aliphatic carbocycles. The molecule has 16 heavy (non-hydrogen) atoms. The van der Waals surface area contributed by atoms with Crippen molar-refractivity contribution in [3.8, 4) is 0 Å². The van der Waals surface area contributed by atoms with Crippen LogP contribution in [-0.2, 0) is 0 Å². The predicted octanol–water partition coefficient (Wildman–Crippen LogP) is 2.74. The molecular weight excluding hydrogens is 196 g/mol. The van der Waals surface area contributed by atoms with E-state index in [1.165, 1.54) is 32.4 Å². The maximum Gasteiger partial charge on any atom is 0.00966 e. The number of rotatable bonds is 6. The van der Waals surface area contributed by atoms with Crippen LogP contribution >= 0.6 is 0 Å². The van der Waals surface area contributed by atoms with Gasteiger partial charge in [-0.15, -0.1) is 0 Å². The van der Waals surface area contributed by atoms with Crippen LogP contribution in [-0.4, -0.2) is 37.1 Å². The molecule has 0 aromatic carbocycles. The van der Waals surface area contributed by atoms with Crippen LogP contribution < -0.4 is 5.32 Å². The number of hydrogen-bond acceptors (Lipinski definition) is 2. The molecule has 0 aromatic rings. The minimum absolute atomic E-state index is 0.251. The highest BCUT2D eigenvalue weighted by Gasteiger charge is 2.20. The molecule has 0 radical (unpaired) electrons. The maximum atomic E-state index is 3.58. The molecule has 2 heteroatoms. The fourth-order valence-electron chi connectivity index (χ4n) is 2.27. The monoisotopic (exact) mass is 226 g/mol. The summed E-state index contributed by atoms with van der Waals surface area (Å²) in [6.45, 7) is 12.7. The lowest BCUT2D eigenvalue weighted by Crippen LogP contribution is -2.41. The molecule has 1 fully saturated rings. The summed E-state index contributed by atoms with van der Waals surface area (Å²) in [5, 5.41) is 3.58. The second-order valence-corrected chi connectivity index (χ2v) is 6.75. The number of nitrogens with one attached hydrogen (secondary N) is 1. The summed E-state index contributed by atoms with van der Waals surface area (Å²) < 4.78 is 0. The molecule has 0 amide bonds. The predicted molar refractivity (Wildman–Crippen MR) is 71.8 cm³/mol. The molecule has 1 atom stereocenters.